The SMILES string of the molecule is CN=C(NCC(=O)Nc1cc(Br)ccc1C)N1CCOC(c2cnn(C)c2)C1. The summed E-state index contributed by atoms with van der Waals surface area (Å²) in [6.07, 6.45) is 3.70. The normalized spacial score (nSPS) is 17.5. The number of rotatable bonds is 4. The van der Waals surface area contributed by atoms with Crippen molar-refractivity contribution in [1.29, 1.82) is 0 Å². The fourth-order valence-electron chi connectivity index (χ4n) is 3.06. The first kappa shape index (κ1) is 20.3. The molecule has 3 rings (SSSR count). The smallest absolute Gasteiger partial charge is 0.243 e. The first-order chi connectivity index (χ1) is 13.5. The molecule has 0 spiro atoms. The van der Waals surface area contributed by atoms with Gasteiger partial charge in [0, 0.05) is 42.6 Å². The molecule has 0 aliphatic carbocycles. The number of morpholine rings is 1. The minimum absolute atomic E-state index is 0.0702. The fourth-order valence-corrected chi connectivity index (χ4v) is 3.43. The van der Waals surface area contributed by atoms with E-state index in [1.807, 2.05) is 44.6 Å². The molecule has 1 aliphatic heterocycles. The average Bonchev–Trinajstić information content (AvgIpc) is 3.12. The molecule has 1 saturated heterocycles. The van der Waals surface area contributed by atoms with Gasteiger partial charge in [-0.15, -0.1) is 0 Å². The lowest BCUT2D eigenvalue weighted by atomic mass is 10.1. The Morgan fingerprint density at radius 3 is 3.00 bits per heavy atom. The van der Waals surface area contributed by atoms with Crippen LogP contribution >= 0.6 is 15.9 Å². The average molecular weight is 449 g/mol. The van der Waals surface area contributed by atoms with Gasteiger partial charge in [0.25, 0.3) is 0 Å². The molecule has 1 aromatic carbocycles. The van der Waals surface area contributed by atoms with Crippen LogP contribution in [0.25, 0.3) is 0 Å². The molecule has 1 atom stereocenters. The van der Waals surface area contributed by atoms with Gasteiger partial charge in [-0.3, -0.25) is 14.5 Å². The third kappa shape index (κ3) is 5.11. The van der Waals surface area contributed by atoms with Crippen molar-refractivity contribution < 1.29 is 9.53 Å². The second-order valence-electron chi connectivity index (χ2n) is 6.66. The maximum atomic E-state index is 12.4. The van der Waals surface area contributed by atoms with E-state index in [9.17, 15) is 4.79 Å². The van der Waals surface area contributed by atoms with Gasteiger partial charge < -0.3 is 20.3 Å². The van der Waals surface area contributed by atoms with Crippen LogP contribution in [-0.4, -0.2) is 59.8 Å². The first-order valence-electron chi connectivity index (χ1n) is 9.08. The van der Waals surface area contributed by atoms with Gasteiger partial charge in [-0.2, -0.15) is 5.10 Å². The van der Waals surface area contributed by atoms with E-state index in [1.54, 1.807) is 11.7 Å². The Bertz CT molecular complexity index is 866. The topological polar surface area (TPSA) is 83.8 Å². The number of aliphatic imine (C=N–C) groups is 1. The van der Waals surface area contributed by atoms with Crippen molar-refractivity contribution in [2.45, 2.75) is 13.0 Å². The number of guanidine groups is 1. The van der Waals surface area contributed by atoms with Crippen molar-refractivity contribution in [1.82, 2.24) is 20.0 Å². The number of hydrogen-bond donors (Lipinski definition) is 2. The van der Waals surface area contributed by atoms with Gasteiger partial charge >= 0.3 is 0 Å². The van der Waals surface area contributed by atoms with Crippen LogP contribution in [-0.2, 0) is 16.6 Å². The number of carbonyl (C=O) groups is 1. The molecule has 2 heterocycles. The lowest BCUT2D eigenvalue weighted by molar-refractivity contribution is -0.115. The summed E-state index contributed by atoms with van der Waals surface area (Å²) in [5, 5.41) is 10.3. The molecule has 9 heteroatoms. The van der Waals surface area contributed by atoms with E-state index in [0.717, 1.165) is 21.3 Å². The standard InChI is InChI=1S/C19H25BrN6O2/c1-13-4-5-15(20)8-16(13)24-18(27)10-22-19(21-2)26-6-7-28-17(12-26)14-9-23-25(3)11-14/h4-5,8-9,11,17H,6-7,10,12H2,1-3H3,(H,21,22)(H,24,27). The van der Waals surface area contributed by atoms with Gasteiger partial charge in [0.2, 0.25) is 5.91 Å². The summed E-state index contributed by atoms with van der Waals surface area (Å²) in [4.78, 5) is 18.8. The van der Waals surface area contributed by atoms with Crippen molar-refractivity contribution in [3.8, 4) is 0 Å². The molecule has 8 nitrogen and oxygen atoms in total. The zero-order valence-corrected chi connectivity index (χ0v) is 17.9. The largest absolute Gasteiger partial charge is 0.370 e. The lowest BCUT2D eigenvalue weighted by Crippen LogP contribution is -2.49. The highest BCUT2D eigenvalue weighted by atomic mass is 79.9. The van der Waals surface area contributed by atoms with E-state index < -0.39 is 0 Å². The lowest BCUT2D eigenvalue weighted by Gasteiger charge is -2.34. The van der Waals surface area contributed by atoms with Gasteiger partial charge in [-0.25, -0.2) is 0 Å². The Morgan fingerprint density at radius 1 is 1.46 bits per heavy atom. The minimum Gasteiger partial charge on any atom is -0.370 e. The molecule has 1 aliphatic rings. The van der Waals surface area contributed by atoms with Gasteiger partial charge in [0.05, 0.1) is 25.9 Å². The number of nitrogens with one attached hydrogen (secondary N) is 2. The Hall–Kier alpha value is -2.39. The Morgan fingerprint density at radius 2 is 2.29 bits per heavy atom. The van der Waals surface area contributed by atoms with Crippen LogP contribution in [0.5, 0.6) is 0 Å². The molecule has 0 saturated carbocycles. The van der Waals surface area contributed by atoms with Gasteiger partial charge in [0.15, 0.2) is 5.96 Å². The quantitative estimate of drug-likeness (QED) is 0.552. The second kappa shape index (κ2) is 9.20. The Balaban J connectivity index is 1.56. The zero-order valence-electron chi connectivity index (χ0n) is 16.3. The van der Waals surface area contributed by atoms with Crippen LogP contribution in [0.1, 0.15) is 17.2 Å². The van der Waals surface area contributed by atoms with E-state index >= 15 is 0 Å². The van der Waals surface area contributed by atoms with E-state index in [-0.39, 0.29) is 18.6 Å². The maximum Gasteiger partial charge on any atom is 0.243 e. The zero-order chi connectivity index (χ0) is 20.1. The van der Waals surface area contributed by atoms with E-state index in [0.29, 0.717) is 25.7 Å². The summed E-state index contributed by atoms with van der Waals surface area (Å²) in [5.41, 5.74) is 2.83. The molecule has 150 valence electrons. The molecule has 1 unspecified atom stereocenters. The highest BCUT2D eigenvalue weighted by molar-refractivity contribution is 9.10. The molecular formula is C19H25BrN6O2. The Labute approximate surface area is 173 Å². The molecule has 2 aromatic rings. The third-order valence-corrected chi connectivity index (χ3v) is 5.05. The summed E-state index contributed by atoms with van der Waals surface area (Å²) in [6, 6.07) is 5.79. The number of aromatic nitrogens is 2. The number of aryl methyl sites for hydroxylation is 2. The number of ether oxygens (including phenoxy) is 1. The number of nitrogens with zero attached hydrogens (tertiary/aromatic N) is 4. The van der Waals surface area contributed by atoms with Gasteiger partial charge in [-0.1, -0.05) is 22.0 Å². The molecule has 28 heavy (non-hydrogen) atoms. The van der Waals surface area contributed by atoms with Gasteiger partial charge in [0.1, 0.15) is 6.10 Å². The number of anilines is 1. The van der Waals surface area contributed by atoms with E-state index in [4.69, 9.17) is 4.74 Å². The van der Waals surface area contributed by atoms with Crippen molar-refractivity contribution in [3.63, 3.8) is 0 Å². The maximum absolute atomic E-state index is 12.4. The first-order valence-corrected chi connectivity index (χ1v) is 9.87. The van der Waals surface area contributed by atoms with Crippen LogP contribution in [0.3, 0.4) is 0 Å². The van der Waals surface area contributed by atoms with Gasteiger partial charge in [-0.05, 0) is 24.6 Å². The number of amides is 1. The summed E-state index contributed by atoms with van der Waals surface area (Å²) in [5.74, 6) is 0.553. The van der Waals surface area contributed by atoms with Crippen LogP contribution in [0.2, 0.25) is 0 Å². The van der Waals surface area contributed by atoms with E-state index in [1.165, 1.54) is 0 Å². The fraction of sp³-hybridized carbons (Fsp3) is 0.421. The molecular weight excluding hydrogens is 424 g/mol. The number of hydrogen-bond acceptors (Lipinski definition) is 4. The summed E-state index contributed by atoms with van der Waals surface area (Å²) in [6.45, 7) is 4.04. The number of halogens is 1. The van der Waals surface area contributed by atoms with Crippen LogP contribution in [0.4, 0.5) is 5.69 Å². The highest BCUT2D eigenvalue weighted by Gasteiger charge is 2.25. The van der Waals surface area contributed by atoms with E-state index in [2.05, 4.69) is 41.6 Å². The molecule has 0 radical (unpaired) electrons. The molecule has 1 aromatic heterocycles. The second-order valence-corrected chi connectivity index (χ2v) is 7.58. The van der Waals surface area contributed by atoms with Crippen LogP contribution in [0, 0.1) is 6.92 Å². The van der Waals surface area contributed by atoms with Crippen molar-refractivity contribution in [2.24, 2.45) is 12.0 Å². The monoisotopic (exact) mass is 448 g/mol. The number of carbonyl (C=O) groups excluding carboxylic acids is 1. The van der Waals surface area contributed by atoms with Crippen molar-refractivity contribution >= 4 is 33.5 Å². The summed E-state index contributed by atoms with van der Waals surface area (Å²) in [7, 11) is 3.60. The summed E-state index contributed by atoms with van der Waals surface area (Å²) < 4.78 is 8.56. The van der Waals surface area contributed by atoms with Crippen LogP contribution < -0.4 is 10.6 Å². The predicted octanol–water partition coefficient (Wildman–Crippen LogP) is 2.08. The van der Waals surface area contributed by atoms with Crippen molar-refractivity contribution in [3.05, 3.63) is 46.2 Å². The third-order valence-electron chi connectivity index (χ3n) is 4.56. The van der Waals surface area contributed by atoms with Crippen molar-refractivity contribution in [2.75, 3.05) is 38.6 Å². The Kier molecular flexibility index (Phi) is 6.69. The highest BCUT2D eigenvalue weighted by Crippen LogP contribution is 2.22. The summed E-state index contributed by atoms with van der Waals surface area (Å²) >= 11 is 3.43. The molecule has 2 N–H and O–H groups in total. The minimum atomic E-state index is -0.126. The number of benzene rings is 1. The van der Waals surface area contributed by atoms with Crippen LogP contribution in [0.15, 0.2) is 40.1 Å². The molecule has 1 amide bonds. The predicted molar refractivity (Wildman–Crippen MR) is 112 cm³/mol. The molecule has 0 bridgehead atoms. The molecule has 1 fully saturated rings.